The molecular weight excluding hydrogens is 221 g/mol. The van der Waals surface area contributed by atoms with Crippen molar-refractivity contribution in [3.05, 3.63) is 29.8 Å². The number of nitrogens with zero attached hydrogens (tertiary/aromatic N) is 1. The van der Waals surface area contributed by atoms with E-state index in [4.69, 9.17) is 9.05 Å². The molecular formula is C12H16NO2P. The molecule has 4 heteroatoms. The lowest BCUT2D eigenvalue weighted by Gasteiger charge is -2.32. The van der Waals surface area contributed by atoms with Crippen molar-refractivity contribution in [1.82, 2.24) is 0 Å². The van der Waals surface area contributed by atoms with E-state index >= 15 is 0 Å². The zero-order chi connectivity index (χ0) is 11.1. The van der Waals surface area contributed by atoms with Gasteiger partial charge >= 0.3 is 0 Å². The average Bonchev–Trinajstić information content (AvgIpc) is 2.58. The summed E-state index contributed by atoms with van der Waals surface area (Å²) in [6, 6.07) is 8.56. The number of rotatable bonds is 2. The summed E-state index contributed by atoms with van der Waals surface area (Å²) in [5, 5.41) is 0. The quantitative estimate of drug-likeness (QED) is 0.737. The van der Waals surface area contributed by atoms with Crippen LogP contribution in [0.2, 0.25) is 0 Å². The number of para-hydroxylation sites is 1. The first-order valence-corrected chi connectivity index (χ1v) is 6.85. The Labute approximate surface area is 97.3 Å². The minimum absolute atomic E-state index is 0.218. The predicted molar refractivity (Wildman–Crippen MR) is 65.6 cm³/mol. The van der Waals surface area contributed by atoms with Gasteiger partial charge in [-0.1, -0.05) is 18.2 Å². The molecule has 2 aliphatic rings. The molecule has 0 spiro atoms. The van der Waals surface area contributed by atoms with Gasteiger partial charge in [-0.05, 0) is 25.5 Å². The standard InChI is InChI=1S/C12H16NO2P/c1-9(2)15-16-13-7-10(8-14-16)11-5-3-4-6-12(11)13/h3-6,9-10H,7-8H2,1-2H3/t10-,16-/m0/s1. The average molecular weight is 237 g/mol. The van der Waals surface area contributed by atoms with Gasteiger partial charge in [-0.3, -0.25) is 0 Å². The summed E-state index contributed by atoms with van der Waals surface area (Å²) < 4.78 is 14.0. The largest absolute Gasteiger partial charge is 0.317 e. The summed E-state index contributed by atoms with van der Waals surface area (Å²) in [6.45, 7) is 5.96. The predicted octanol–water partition coefficient (Wildman–Crippen LogP) is 3.27. The summed E-state index contributed by atoms with van der Waals surface area (Å²) in [7, 11) is -0.886. The van der Waals surface area contributed by atoms with Gasteiger partial charge in [0.15, 0.2) is 0 Å². The van der Waals surface area contributed by atoms with Crippen molar-refractivity contribution >= 4 is 14.2 Å². The van der Waals surface area contributed by atoms with E-state index in [1.165, 1.54) is 11.3 Å². The highest BCUT2D eigenvalue weighted by molar-refractivity contribution is 7.49. The highest BCUT2D eigenvalue weighted by Gasteiger charge is 2.40. The van der Waals surface area contributed by atoms with Crippen LogP contribution in [0.3, 0.4) is 0 Å². The molecule has 3 nitrogen and oxygen atoms in total. The Morgan fingerprint density at radius 3 is 3.06 bits per heavy atom. The van der Waals surface area contributed by atoms with Crippen molar-refractivity contribution in [2.45, 2.75) is 25.9 Å². The van der Waals surface area contributed by atoms with Gasteiger partial charge in [-0.2, -0.15) is 0 Å². The monoisotopic (exact) mass is 237 g/mol. The molecule has 3 rings (SSSR count). The lowest BCUT2D eigenvalue weighted by atomic mass is 10.0. The zero-order valence-corrected chi connectivity index (χ0v) is 10.5. The molecule has 0 aliphatic carbocycles. The van der Waals surface area contributed by atoms with Gasteiger partial charge in [0.1, 0.15) is 0 Å². The van der Waals surface area contributed by atoms with Crippen LogP contribution < -0.4 is 4.67 Å². The first kappa shape index (κ1) is 10.5. The summed E-state index contributed by atoms with van der Waals surface area (Å²) in [4.78, 5) is 0. The van der Waals surface area contributed by atoms with Gasteiger partial charge in [0.05, 0.1) is 12.7 Å². The van der Waals surface area contributed by atoms with Crippen LogP contribution in [0.5, 0.6) is 0 Å². The second-order valence-corrected chi connectivity index (χ2v) is 5.95. The Bertz CT molecular complexity index is 396. The Morgan fingerprint density at radius 2 is 2.25 bits per heavy atom. The molecule has 2 heterocycles. The van der Waals surface area contributed by atoms with Crippen LogP contribution in [0, 0.1) is 0 Å². The van der Waals surface area contributed by atoms with Crippen LogP contribution in [0.15, 0.2) is 24.3 Å². The Balaban J connectivity index is 1.90. The van der Waals surface area contributed by atoms with Crippen molar-refractivity contribution in [3.8, 4) is 0 Å². The lowest BCUT2D eigenvalue weighted by molar-refractivity contribution is 0.189. The summed E-state index contributed by atoms with van der Waals surface area (Å²) in [6.07, 6.45) is 0.218. The molecule has 2 atom stereocenters. The number of anilines is 1. The fourth-order valence-corrected chi connectivity index (χ4v) is 3.93. The summed E-state index contributed by atoms with van der Waals surface area (Å²) >= 11 is 0. The van der Waals surface area contributed by atoms with E-state index in [1.54, 1.807) is 0 Å². The molecule has 1 saturated heterocycles. The van der Waals surface area contributed by atoms with Gasteiger partial charge in [-0.15, -0.1) is 0 Å². The van der Waals surface area contributed by atoms with Crippen LogP contribution in [0.25, 0.3) is 0 Å². The van der Waals surface area contributed by atoms with Crippen LogP contribution in [0.4, 0.5) is 5.69 Å². The minimum atomic E-state index is -0.886. The third-order valence-corrected chi connectivity index (χ3v) is 4.68. The van der Waals surface area contributed by atoms with Crippen molar-refractivity contribution in [2.24, 2.45) is 0 Å². The van der Waals surface area contributed by atoms with Gasteiger partial charge in [0, 0.05) is 18.2 Å². The highest BCUT2D eigenvalue weighted by atomic mass is 31.2. The molecule has 0 aromatic heterocycles. The van der Waals surface area contributed by atoms with E-state index in [1.807, 2.05) is 0 Å². The molecule has 0 amide bonds. The topological polar surface area (TPSA) is 21.7 Å². The second kappa shape index (κ2) is 3.99. The van der Waals surface area contributed by atoms with Gasteiger partial charge in [0.25, 0.3) is 8.53 Å². The normalized spacial score (nSPS) is 27.3. The number of fused-ring (bicyclic) bond motifs is 5. The first-order chi connectivity index (χ1) is 7.75. The molecule has 0 unspecified atom stereocenters. The highest BCUT2D eigenvalue weighted by Crippen LogP contribution is 2.57. The second-order valence-electron chi connectivity index (χ2n) is 4.53. The van der Waals surface area contributed by atoms with Crippen molar-refractivity contribution in [2.75, 3.05) is 17.8 Å². The molecule has 2 bridgehead atoms. The van der Waals surface area contributed by atoms with Gasteiger partial charge in [0.2, 0.25) is 0 Å². The Hall–Kier alpha value is -0.630. The Morgan fingerprint density at radius 1 is 1.44 bits per heavy atom. The third kappa shape index (κ3) is 1.64. The fraction of sp³-hybridized carbons (Fsp3) is 0.500. The maximum atomic E-state index is 5.85. The molecule has 1 aromatic carbocycles. The van der Waals surface area contributed by atoms with Crippen molar-refractivity contribution in [1.29, 1.82) is 0 Å². The van der Waals surface area contributed by atoms with E-state index in [0.29, 0.717) is 5.92 Å². The molecule has 16 heavy (non-hydrogen) atoms. The molecule has 0 saturated carbocycles. The van der Waals surface area contributed by atoms with E-state index in [-0.39, 0.29) is 6.10 Å². The van der Waals surface area contributed by atoms with Gasteiger partial charge < -0.3 is 13.7 Å². The molecule has 86 valence electrons. The van der Waals surface area contributed by atoms with Crippen LogP contribution in [-0.2, 0) is 9.05 Å². The minimum Gasteiger partial charge on any atom is -0.317 e. The molecule has 2 aliphatic heterocycles. The molecule has 0 radical (unpaired) electrons. The van der Waals surface area contributed by atoms with E-state index in [0.717, 1.165) is 13.2 Å². The smallest absolute Gasteiger partial charge is 0.290 e. The third-order valence-electron chi connectivity index (χ3n) is 2.93. The first-order valence-electron chi connectivity index (χ1n) is 5.72. The maximum absolute atomic E-state index is 5.85. The van der Waals surface area contributed by atoms with Gasteiger partial charge in [-0.25, -0.2) is 0 Å². The molecule has 1 fully saturated rings. The van der Waals surface area contributed by atoms with Crippen molar-refractivity contribution in [3.63, 3.8) is 0 Å². The van der Waals surface area contributed by atoms with E-state index in [9.17, 15) is 0 Å². The van der Waals surface area contributed by atoms with Crippen LogP contribution in [-0.4, -0.2) is 19.3 Å². The molecule has 1 aromatic rings. The summed E-state index contributed by atoms with van der Waals surface area (Å²) in [5.41, 5.74) is 2.72. The molecule has 0 N–H and O–H groups in total. The number of hydrogen-bond donors (Lipinski definition) is 0. The summed E-state index contributed by atoms with van der Waals surface area (Å²) in [5.74, 6) is 0.533. The van der Waals surface area contributed by atoms with Crippen molar-refractivity contribution < 1.29 is 9.05 Å². The van der Waals surface area contributed by atoms with E-state index in [2.05, 4.69) is 42.8 Å². The SMILES string of the molecule is CC(C)O[P@]1OC[C@@H]2CN1c1ccccc12. The number of benzene rings is 1. The lowest BCUT2D eigenvalue weighted by Crippen LogP contribution is -2.26. The fourth-order valence-electron chi connectivity index (χ4n) is 2.26. The van der Waals surface area contributed by atoms with Crippen LogP contribution in [0.1, 0.15) is 25.3 Å². The van der Waals surface area contributed by atoms with Crippen LogP contribution >= 0.6 is 8.53 Å². The number of hydrogen-bond acceptors (Lipinski definition) is 3. The van der Waals surface area contributed by atoms with E-state index < -0.39 is 8.53 Å². The Kier molecular flexibility index (Phi) is 2.62. The maximum Gasteiger partial charge on any atom is 0.290 e. The zero-order valence-electron chi connectivity index (χ0n) is 9.59.